The Hall–Kier alpha value is -2.46. The van der Waals surface area contributed by atoms with Crippen molar-refractivity contribution in [3.8, 4) is 0 Å². The molecule has 2 aromatic carbocycles. The fourth-order valence-electron chi connectivity index (χ4n) is 2.47. The van der Waals surface area contributed by atoms with Crippen molar-refractivity contribution in [3.63, 3.8) is 0 Å². The number of amides is 1. The van der Waals surface area contributed by atoms with Crippen molar-refractivity contribution in [2.75, 3.05) is 0 Å². The molecular formula is C20H20N2OS. The van der Waals surface area contributed by atoms with Crippen LogP contribution in [0.1, 0.15) is 37.1 Å². The zero-order chi connectivity index (χ0) is 16.9. The Morgan fingerprint density at radius 3 is 2.46 bits per heavy atom. The standard InChI is InChI=1S/C20H20N2OS/c1-14-8-10-16(11-9-14)12-18-15(2)22-19(24-18)13-21-20(23)17-6-4-3-5-7-17/h3-11H,12-13H2,1-2H3,(H,21,23). The number of thiazole rings is 1. The molecule has 0 radical (unpaired) electrons. The number of carbonyl (C=O) groups excluding carboxylic acids is 1. The fourth-order valence-corrected chi connectivity index (χ4v) is 3.51. The molecule has 1 heterocycles. The second-order valence-electron chi connectivity index (χ2n) is 5.83. The highest BCUT2D eigenvalue weighted by atomic mass is 32.1. The summed E-state index contributed by atoms with van der Waals surface area (Å²) in [4.78, 5) is 17.9. The van der Waals surface area contributed by atoms with Gasteiger partial charge in [0.15, 0.2) is 0 Å². The summed E-state index contributed by atoms with van der Waals surface area (Å²) in [6, 6.07) is 17.8. The summed E-state index contributed by atoms with van der Waals surface area (Å²) in [5, 5.41) is 3.88. The Bertz CT molecular complexity index is 823. The van der Waals surface area contributed by atoms with E-state index in [1.54, 1.807) is 11.3 Å². The first-order valence-electron chi connectivity index (χ1n) is 7.96. The number of nitrogens with zero attached hydrogens (tertiary/aromatic N) is 1. The normalized spacial score (nSPS) is 10.6. The summed E-state index contributed by atoms with van der Waals surface area (Å²) in [5.41, 5.74) is 4.27. The smallest absolute Gasteiger partial charge is 0.251 e. The van der Waals surface area contributed by atoms with Crippen LogP contribution in [0.3, 0.4) is 0 Å². The second-order valence-corrected chi connectivity index (χ2v) is 7.00. The van der Waals surface area contributed by atoms with Gasteiger partial charge in [0, 0.05) is 16.9 Å². The minimum atomic E-state index is -0.0662. The molecule has 0 aliphatic rings. The molecule has 0 saturated carbocycles. The highest BCUT2D eigenvalue weighted by molar-refractivity contribution is 7.11. The Kier molecular flexibility index (Phi) is 5.06. The topological polar surface area (TPSA) is 42.0 Å². The van der Waals surface area contributed by atoms with E-state index in [-0.39, 0.29) is 5.91 Å². The number of rotatable bonds is 5. The van der Waals surface area contributed by atoms with Gasteiger partial charge >= 0.3 is 0 Å². The lowest BCUT2D eigenvalue weighted by Crippen LogP contribution is -2.22. The Labute approximate surface area is 146 Å². The molecule has 122 valence electrons. The third kappa shape index (κ3) is 4.09. The van der Waals surface area contributed by atoms with Crippen molar-refractivity contribution in [3.05, 3.63) is 86.9 Å². The number of aryl methyl sites for hydroxylation is 2. The molecule has 0 unspecified atom stereocenters. The van der Waals surface area contributed by atoms with Crippen molar-refractivity contribution >= 4 is 17.2 Å². The first kappa shape index (κ1) is 16.4. The van der Waals surface area contributed by atoms with Gasteiger partial charge in [0.25, 0.3) is 5.91 Å². The lowest BCUT2D eigenvalue weighted by Gasteiger charge is -2.02. The van der Waals surface area contributed by atoms with Crippen LogP contribution in [0.5, 0.6) is 0 Å². The summed E-state index contributed by atoms with van der Waals surface area (Å²) in [6.45, 7) is 4.59. The molecule has 0 aliphatic heterocycles. The first-order chi connectivity index (χ1) is 11.6. The van der Waals surface area contributed by atoms with Crippen LogP contribution in [0, 0.1) is 13.8 Å². The van der Waals surface area contributed by atoms with Gasteiger partial charge in [-0.05, 0) is 31.5 Å². The lowest BCUT2D eigenvalue weighted by molar-refractivity contribution is 0.0951. The Morgan fingerprint density at radius 1 is 1.04 bits per heavy atom. The van der Waals surface area contributed by atoms with E-state index in [0.29, 0.717) is 12.1 Å². The maximum Gasteiger partial charge on any atom is 0.251 e. The SMILES string of the molecule is Cc1ccc(Cc2sc(CNC(=O)c3ccccc3)nc2C)cc1. The minimum Gasteiger partial charge on any atom is -0.346 e. The molecule has 0 saturated heterocycles. The average Bonchev–Trinajstić information content (AvgIpc) is 2.95. The first-order valence-corrected chi connectivity index (χ1v) is 8.77. The number of carbonyl (C=O) groups is 1. The number of hydrogen-bond donors (Lipinski definition) is 1. The van der Waals surface area contributed by atoms with Crippen LogP contribution in [0.2, 0.25) is 0 Å². The Balaban J connectivity index is 1.63. The van der Waals surface area contributed by atoms with E-state index in [0.717, 1.165) is 17.1 Å². The van der Waals surface area contributed by atoms with Crippen molar-refractivity contribution < 1.29 is 4.79 Å². The van der Waals surface area contributed by atoms with Gasteiger partial charge in [-0.1, -0.05) is 48.0 Å². The van der Waals surface area contributed by atoms with Crippen LogP contribution in [0.25, 0.3) is 0 Å². The van der Waals surface area contributed by atoms with E-state index < -0.39 is 0 Å². The molecule has 1 aromatic heterocycles. The Morgan fingerprint density at radius 2 is 1.75 bits per heavy atom. The molecule has 0 bridgehead atoms. The summed E-state index contributed by atoms with van der Waals surface area (Å²) in [5.74, 6) is -0.0662. The van der Waals surface area contributed by atoms with Gasteiger partial charge in [-0.2, -0.15) is 0 Å². The minimum absolute atomic E-state index is 0.0662. The van der Waals surface area contributed by atoms with Crippen molar-refractivity contribution in [2.24, 2.45) is 0 Å². The lowest BCUT2D eigenvalue weighted by atomic mass is 10.1. The predicted octanol–water partition coefficient (Wildman–Crippen LogP) is 4.28. The summed E-state index contributed by atoms with van der Waals surface area (Å²) < 4.78 is 0. The monoisotopic (exact) mass is 336 g/mol. The number of hydrogen-bond acceptors (Lipinski definition) is 3. The van der Waals surface area contributed by atoms with E-state index in [2.05, 4.69) is 41.5 Å². The highest BCUT2D eigenvalue weighted by Crippen LogP contribution is 2.22. The van der Waals surface area contributed by atoms with Crippen LogP contribution in [0.15, 0.2) is 54.6 Å². The van der Waals surface area contributed by atoms with Crippen molar-refractivity contribution in [1.29, 1.82) is 0 Å². The molecule has 0 atom stereocenters. The summed E-state index contributed by atoms with van der Waals surface area (Å²) in [7, 11) is 0. The van der Waals surface area contributed by atoms with Crippen LogP contribution in [0.4, 0.5) is 0 Å². The van der Waals surface area contributed by atoms with Crippen molar-refractivity contribution in [2.45, 2.75) is 26.8 Å². The molecule has 24 heavy (non-hydrogen) atoms. The maximum absolute atomic E-state index is 12.1. The van der Waals surface area contributed by atoms with Gasteiger partial charge in [0.05, 0.1) is 12.2 Å². The van der Waals surface area contributed by atoms with Gasteiger partial charge in [0.2, 0.25) is 0 Å². The summed E-state index contributed by atoms with van der Waals surface area (Å²) >= 11 is 1.67. The van der Waals surface area contributed by atoms with Crippen LogP contribution in [-0.4, -0.2) is 10.9 Å². The molecule has 3 aromatic rings. The third-order valence-corrected chi connectivity index (χ3v) is 5.02. The van der Waals surface area contributed by atoms with Crippen LogP contribution < -0.4 is 5.32 Å². The third-order valence-electron chi connectivity index (χ3n) is 3.86. The molecule has 1 amide bonds. The van der Waals surface area contributed by atoms with Crippen LogP contribution in [-0.2, 0) is 13.0 Å². The van der Waals surface area contributed by atoms with E-state index in [1.807, 2.05) is 37.3 Å². The zero-order valence-electron chi connectivity index (χ0n) is 13.9. The van der Waals surface area contributed by atoms with Gasteiger partial charge < -0.3 is 5.32 Å². The van der Waals surface area contributed by atoms with Crippen molar-refractivity contribution in [1.82, 2.24) is 10.3 Å². The number of aromatic nitrogens is 1. The van der Waals surface area contributed by atoms with E-state index in [4.69, 9.17) is 0 Å². The average molecular weight is 336 g/mol. The predicted molar refractivity (Wildman–Crippen MR) is 98.4 cm³/mol. The molecule has 0 spiro atoms. The zero-order valence-corrected chi connectivity index (χ0v) is 14.7. The number of benzene rings is 2. The van der Waals surface area contributed by atoms with Gasteiger partial charge in [-0.15, -0.1) is 11.3 Å². The molecule has 1 N–H and O–H groups in total. The van der Waals surface area contributed by atoms with E-state index in [1.165, 1.54) is 16.0 Å². The molecule has 4 heteroatoms. The van der Waals surface area contributed by atoms with Gasteiger partial charge in [-0.3, -0.25) is 4.79 Å². The highest BCUT2D eigenvalue weighted by Gasteiger charge is 2.10. The second kappa shape index (κ2) is 7.41. The van der Waals surface area contributed by atoms with E-state index in [9.17, 15) is 4.79 Å². The maximum atomic E-state index is 12.1. The molecule has 3 rings (SSSR count). The number of nitrogens with one attached hydrogen (secondary N) is 1. The fraction of sp³-hybridized carbons (Fsp3) is 0.200. The van der Waals surface area contributed by atoms with Crippen LogP contribution >= 0.6 is 11.3 Å². The van der Waals surface area contributed by atoms with E-state index >= 15 is 0 Å². The molecular weight excluding hydrogens is 316 g/mol. The molecule has 0 fully saturated rings. The molecule has 3 nitrogen and oxygen atoms in total. The largest absolute Gasteiger partial charge is 0.346 e. The summed E-state index contributed by atoms with van der Waals surface area (Å²) in [6.07, 6.45) is 0.885. The van der Waals surface area contributed by atoms with Gasteiger partial charge in [-0.25, -0.2) is 4.98 Å². The van der Waals surface area contributed by atoms with Gasteiger partial charge in [0.1, 0.15) is 5.01 Å². The molecule has 0 aliphatic carbocycles. The quantitative estimate of drug-likeness (QED) is 0.755.